The molecule has 7 heteroatoms. The number of hydrogen-bond donors (Lipinski definition) is 3. The summed E-state index contributed by atoms with van der Waals surface area (Å²) in [5.74, 6) is 0.663. The van der Waals surface area contributed by atoms with Crippen LogP contribution in [0.25, 0.3) is 10.9 Å². The number of aromatic nitrogens is 2. The molecule has 7 nitrogen and oxygen atoms in total. The molecule has 1 aromatic carbocycles. The fourth-order valence-corrected chi connectivity index (χ4v) is 3.69. The van der Waals surface area contributed by atoms with Crippen molar-refractivity contribution in [2.45, 2.75) is 39.3 Å². The van der Waals surface area contributed by atoms with Crippen LogP contribution in [0.2, 0.25) is 0 Å². The maximum Gasteiger partial charge on any atom is 0.260 e. The number of amides is 1. The average molecular weight is 425 g/mol. The number of rotatable bonds is 11. The Balaban J connectivity index is 1.60. The van der Waals surface area contributed by atoms with Gasteiger partial charge in [-0.15, -0.1) is 0 Å². The predicted octanol–water partition coefficient (Wildman–Crippen LogP) is 3.06. The van der Waals surface area contributed by atoms with Gasteiger partial charge in [0.05, 0.1) is 11.6 Å². The number of pyridine rings is 1. The lowest BCUT2D eigenvalue weighted by molar-refractivity contribution is -0.132. The number of para-hydroxylation sites is 1. The Morgan fingerprint density at radius 2 is 2.06 bits per heavy atom. The van der Waals surface area contributed by atoms with Crippen molar-refractivity contribution in [2.75, 3.05) is 26.2 Å². The van der Waals surface area contributed by atoms with Gasteiger partial charge in [-0.1, -0.05) is 18.2 Å². The van der Waals surface area contributed by atoms with Crippen LogP contribution in [0.3, 0.4) is 0 Å². The van der Waals surface area contributed by atoms with E-state index in [0.717, 1.165) is 28.5 Å². The van der Waals surface area contributed by atoms with Crippen LogP contribution < -0.4 is 10.1 Å². The lowest BCUT2D eigenvalue weighted by Gasteiger charge is -2.19. The number of nitrogens with one attached hydrogen (secondary N) is 2. The first-order valence-corrected chi connectivity index (χ1v) is 10.8. The molecule has 0 bridgehead atoms. The first kappa shape index (κ1) is 22.8. The molecule has 0 spiro atoms. The van der Waals surface area contributed by atoms with Gasteiger partial charge in [-0.2, -0.15) is 0 Å². The third-order valence-corrected chi connectivity index (χ3v) is 5.49. The van der Waals surface area contributed by atoms with Gasteiger partial charge in [-0.25, -0.2) is 0 Å². The number of H-pyrrole nitrogens is 1. The molecule has 0 saturated heterocycles. The van der Waals surface area contributed by atoms with Crippen LogP contribution in [-0.2, 0) is 11.2 Å². The van der Waals surface area contributed by atoms with Gasteiger partial charge in [0, 0.05) is 55.2 Å². The van der Waals surface area contributed by atoms with E-state index in [1.165, 1.54) is 0 Å². The van der Waals surface area contributed by atoms with Gasteiger partial charge in [0.25, 0.3) is 5.91 Å². The zero-order valence-electron chi connectivity index (χ0n) is 18.5. The number of benzene rings is 1. The average Bonchev–Trinajstić information content (AvgIpc) is 3.20. The molecule has 3 N–H and O–H groups in total. The van der Waals surface area contributed by atoms with Crippen molar-refractivity contribution < 1.29 is 14.6 Å². The van der Waals surface area contributed by atoms with E-state index in [1.54, 1.807) is 17.3 Å². The van der Waals surface area contributed by atoms with Crippen molar-refractivity contribution in [2.24, 2.45) is 0 Å². The summed E-state index contributed by atoms with van der Waals surface area (Å²) in [6.45, 7) is 7.86. The first-order chi connectivity index (χ1) is 15.0. The number of carbonyl (C=O) groups is 1. The Morgan fingerprint density at radius 1 is 1.26 bits per heavy atom. The second-order valence-corrected chi connectivity index (χ2v) is 7.66. The molecule has 166 valence electrons. The van der Waals surface area contributed by atoms with Crippen LogP contribution >= 0.6 is 0 Å². The minimum atomic E-state index is -0.595. The summed E-state index contributed by atoms with van der Waals surface area (Å²) in [5, 5.41) is 14.8. The number of nitrogens with zero attached hydrogens (tertiary/aromatic N) is 2. The quantitative estimate of drug-likeness (QED) is 0.440. The monoisotopic (exact) mass is 424 g/mol. The molecule has 2 atom stereocenters. The van der Waals surface area contributed by atoms with E-state index in [1.807, 2.05) is 44.3 Å². The van der Waals surface area contributed by atoms with Crippen molar-refractivity contribution in [1.29, 1.82) is 0 Å². The molecule has 2 aromatic heterocycles. The molecule has 0 aliphatic heterocycles. The van der Waals surface area contributed by atoms with E-state index in [0.29, 0.717) is 25.4 Å². The Hall–Kier alpha value is -2.90. The molecule has 3 rings (SSSR count). The van der Waals surface area contributed by atoms with Crippen LogP contribution in [0.5, 0.6) is 5.75 Å². The predicted molar refractivity (Wildman–Crippen MR) is 122 cm³/mol. The highest BCUT2D eigenvalue weighted by Gasteiger charge is 2.15. The fourth-order valence-electron chi connectivity index (χ4n) is 3.69. The number of likely N-dealkylation sites (N-methyl/N-ethyl adjacent to an activating group) is 1. The first-order valence-electron chi connectivity index (χ1n) is 10.8. The number of carbonyl (C=O) groups excluding carboxylic acids is 1. The summed E-state index contributed by atoms with van der Waals surface area (Å²) in [7, 11) is 0. The fraction of sp³-hybridized carbons (Fsp3) is 0.417. The Labute approximate surface area is 183 Å². The minimum Gasteiger partial charge on any atom is -0.482 e. The van der Waals surface area contributed by atoms with Gasteiger partial charge in [0.2, 0.25) is 0 Å². The topological polar surface area (TPSA) is 90.5 Å². The smallest absolute Gasteiger partial charge is 0.260 e. The van der Waals surface area contributed by atoms with Crippen LogP contribution in [0.4, 0.5) is 0 Å². The summed E-state index contributed by atoms with van der Waals surface area (Å²) in [6.07, 6.45) is 5.56. The lowest BCUT2D eigenvalue weighted by Crippen LogP contribution is -2.34. The summed E-state index contributed by atoms with van der Waals surface area (Å²) in [5.41, 5.74) is 2.86. The number of aromatic amines is 1. The van der Waals surface area contributed by atoms with Crippen LogP contribution in [0, 0.1) is 0 Å². The van der Waals surface area contributed by atoms with Gasteiger partial charge in [0.1, 0.15) is 5.75 Å². The van der Waals surface area contributed by atoms with E-state index in [4.69, 9.17) is 4.74 Å². The molecule has 1 unspecified atom stereocenters. The molecule has 0 saturated carbocycles. The van der Waals surface area contributed by atoms with E-state index < -0.39 is 6.10 Å². The standard InChI is InChI=1S/C24H32N4O3/c1-4-28(5-2)23(30)16-31-22-10-6-9-20-19(14-27-24(20)22)12-17(3)26-15-21(29)18-8-7-11-25-13-18/h6-11,13-14,17,21,26-27,29H,4-5,12,15-16H2,1-3H3/t17?,21-/m0/s1. The van der Waals surface area contributed by atoms with Crippen LogP contribution in [0.1, 0.15) is 38.0 Å². The summed E-state index contributed by atoms with van der Waals surface area (Å²) in [4.78, 5) is 21.4. The summed E-state index contributed by atoms with van der Waals surface area (Å²) < 4.78 is 5.83. The number of ether oxygens (including phenoxy) is 1. The lowest BCUT2D eigenvalue weighted by atomic mass is 10.1. The largest absolute Gasteiger partial charge is 0.482 e. The highest BCUT2D eigenvalue weighted by Crippen LogP contribution is 2.28. The summed E-state index contributed by atoms with van der Waals surface area (Å²) >= 11 is 0. The summed E-state index contributed by atoms with van der Waals surface area (Å²) in [6, 6.07) is 9.74. The minimum absolute atomic E-state index is 0.0150. The van der Waals surface area contributed by atoms with E-state index in [9.17, 15) is 9.90 Å². The highest BCUT2D eigenvalue weighted by molar-refractivity contribution is 5.89. The van der Waals surface area contributed by atoms with Gasteiger partial charge in [-0.3, -0.25) is 9.78 Å². The molecule has 1 amide bonds. The van der Waals surface area contributed by atoms with Crippen molar-refractivity contribution in [1.82, 2.24) is 20.2 Å². The molecule has 3 aromatic rings. The Morgan fingerprint density at radius 3 is 2.77 bits per heavy atom. The molecule has 0 aliphatic rings. The van der Waals surface area contributed by atoms with Crippen molar-refractivity contribution in [3.05, 3.63) is 60.0 Å². The maximum atomic E-state index is 12.3. The number of aliphatic hydroxyl groups excluding tert-OH is 1. The Bertz CT molecular complexity index is 969. The molecule has 2 heterocycles. The van der Waals surface area contributed by atoms with Crippen molar-refractivity contribution in [3.8, 4) is 5.75 Å². The normalized spacial score (nSPS) is 13.2. The molecule has 0 aliphatic carbocycles. The van der Waals surface area contributed by atoms with Gasteiger partial charge in [0.15, 0.2) is 6.61 Å². The van der Waals surface area contributed by atoms with E-state index in [2.05, 4.69) is 28.3 Å². The van der Waals surface area contributed by atoms with Crippen LogP contribution in [0.15, 0.2) is 48.9 Å². The number of fused-ring (bicyclic) bond motifs is 1. The molecule has 0 fully saturated rings. The SMILES string of the molecule is CCN(CC)C(=O)COc1cccc2c(CC(C)NC[C@H](O)c3cccnc3)c[nH]c12. The second kappa shape index (κ2) is 10.9. The van der Waals surface area contributed by atoms with E-state index >= 15 is 0 Å². The second-order valence-electron chi connectivity index (χ2n) is 7.66. The van der Waals surface area contributed by atoms with E-state index in [-0.39, 0.29) is 18.6 Å². The Kier molecular flexibility index (Phi) is 8.03. The maximum absolute atomic E-state index is 12.3. The van der Waals surface area contributed by atoms with Gasteiger partial charge < -0.3 is 25.0 Å². The zero-order valence-corrected chi connectivity index (χ0v) is 18.5. The molecular weight excluding hydrogens is 392 g/mol. The third kappa shape index (κ3) is 5.83. The van der Waals surface area contributed by atoms with Crippen molar-refractivity contribution in [3.63, 3.8) is 0 Å². The van der Waals surface area contributed by atoms with Crippen molar-refractivity contribution >= 4 is 16.8 Å². The number of aliphatic hydroxyl groups is 1. The highest BCUT2D eigenvalue weighted by atomic mass is 16.5. The van der Waals surface area contributed by atoms with Gasteiger partial charge >= 0.3 is 0 Å². The molecular formula is C24H32N4O3. The zero-order chi connectivity index (χ0) is 22.2. The van der Waals surface area contributed by atoms with Crippen LogP contribution in [-0.4, -0.2) is 58.2 Å². The van der Waals surface area contributed by atoms with Gasteiger partial charge in [-0.05, 0) is 44.9 Å². The number of hydrogen-bond acceptors (Lipinski definition) is 5. The molecule has 0 radical (unpaired) electrons. The third-order valence-electron chi connectivity index (χ3n) is 5.49. The molecule has 31 heavy (non-hydrogen) atoms.